The van der Waals surface area contributed by atoms with Crippen molar-refractivity contribution in [3.05, 3.63) is 0 Å². The Morgan fingerprint density at radius 3 is 1.60 bits per heavy atom. The van der Waals surface area contributed by atoms with Crippen LogP contribution in [0.25, 0.3) is 0 Å². The zero-order valence-corrected chi connectivity index (χ0v) is 8.69. The highest BCUT2D eigenvalue weighted by Crippen LogP contribution is 2.46. The fraction of sp³-hybridized carbons (Fsp3) is 1.00. The van der Waals surface area contributed by atoms with Crippen LogP contribution in [0.2, 0.25) is 0 Å². The van der Waals surface area contributed by atoms with E-state index < -0.39 is 7.14 Å². The van der Waals surface area contributed by atoms with E-state index in [-0.39, 0.29) is 5.62 Å². The Morgan fingerprint density at radius 1 is 1.00 bits per heavy atom. The molecule has 0 amide bonds. The smallest absolute Gasteiger partial charge is 0.104 e. The van der Waals surface area contributed by atoms with Crippen molar-refractivity contribution >= 4 is 41.9 Å². The van der Waals surface area contributed by atoms with E-state index in [9.17, 15) is 4.57 Å². The van der Waals surface area contributed by atoms with E-state index in [1.165, 1.54) is 0 Å². The van der Waals surface area contributed by atoms with Gasteiger partial charge in [-0.05, 0) is 0 Å². The minimum absolute atomic E-state index is 0.201. The molecule has 0 heterocycles. The molecule has 0 spiro atoms. The average molecular weight is 223 g/mol. The van der Waals surface area contributed by atoms with Crippen molar-refractivity contribution in [2.24, 2.45) is 0 Å². The Balaban J connectivity index is 3.83. The Labute approximate surface area is 76.4 Å². The van der Waals surface area contributed by atoms with Crippen molar-refractivity contribution in [2.75, 3.05) is 29.7 Å². The van der Waals surface area contributed by atoms with Crippen molar-refractivity contribution in [3.8, 4) is 0 Å². The zero-order valence-electron chi connectivity index (χ0n) is 5.52. The molecule has 10 heavy (non-hydrogen) atoms. The summed E-state index contributed by atoms with van der Waals surface area (Å²) in [5.74, 6) is 0.807. The first kappa shape index (κ1) is 11.1. The topological polar surface area (TPSA) is 17.1 Å². The third-order valence-electron chi connectivity index (χ3n) is 1.20. The highest BCUT2D eigenvalue weighted by molar-refractivity contribution is 7.65. The second-order valence-electron chi connectivity index (χ2n) is 2.00. The quantitative estimate of drug-likeness (QED) is 0.517. The molecule has 0 saturated carbocycles. The molecule has 0 N–H and O–H groups in total. The maximum Gasteiger partial charge on any atom is 0.104 e. The second-order valence-corrected chi connectivity index (χ2v) is 6.73. The average Bonchev–Trinajstić information content (AvgIpc) is 1.89. The lowest BCUT2D eigenvalue weighted by molar-refractivity contribution is 0.579. The van der Waals surface area contributed by atoms with Gasteiger partial charge in [0.25, 0.3) is 0 Å². The first-order chi connectivity index (χ1) is 4.68. The summed E-state index contributed by atoms with van der Waals surface area (Å²) in [6.45, 7) is 0. The van der Waals surface area contributed by atoms with Crippen molar-refractivity contribution in [3.63, 3.8) is 0 Å². The van der Waals surface area contributed by atoms with Crippen LogP contribution in [0.4, 0.5) is 0 Å². The molecular weight excluding hydrogens is 213 g/mol. The molecule has 0 rings (SSSR count). The molecule has 0 bridgehead atoms. The van der Waals surface area contributed by atoms with Gasteiger partial charge in [0.1, 0.15) is 7.14 Å². The van der Waals surface area contributed by atoms with Crippen molar-refractivity contribution in [2.45, 2.75) is 0 Å². The predicted molar refractivity (Wildman–Crippen MR) is 49.5 cm³/mol. The van der Waals surface area contributed by atoms with E-state index in [4.69, 9.17) is 34.8 Å². The monoisotopic (exact) mass is 222 g/mol. The van der Waals surface area contributed by atoms with Gasteiger partial charge in [0.15, 0.2) is 0 Å². The summed E-state index contributed by atoms with van der Waals surface area (Å²) in [6.07, 6.45) is 1.01. The maximum atomic E-state index is 11.5. The molecule has 0 radical (unpaired) electrons. The van der Waals surface area contributed by atoms with Gasteiger partial charge in [0.05, 0.1) is 5.62 Å². The first-order valence-corrected chi connectivity index (χ1v) is 6.80. The molecule has 0 aliphatic rings. The standard InChI is InChI=1S/C5H10Cl3OP/c6-1-3-10(9,5-8)4-2-7/h1-5H2. The molecular formula is C5H10Cl3OP. The van der Waals surface area contributed by atoms with Gasteiger partial charge in [-0.3, -0.25) is 0 Å². The Kier molecular flexibility index (Phi) is 6.34. The van der Waals surface area contributed by atoms with Gasteiger partial charge < -0.3 is 4.57 Å². The summed E-state index contributed by atoms with van der Waals surface area (Å²) in [7, 11) is -2.20. The van der Waals surface area contributed by atoms with E-state index in [0.717, 1.165) is 0 Å². The molecule has 0 unspecified atom stereocenters. The highest BCUT2D eigenvalue weighted by atomic mass is 35.5. The van der Waals surface area contributed by atoms with E-state index >= 15 is 0 Å². The van der Waals surface area contributed by atoms with Crippen LogP contribution in [0.15, 0.2) is 0 Å². The molecule has 1 nitrogen and oxygen atoms in total. The molecule has 0 aromatic heterocycles. The third-order valence-corrected chi connectivity index (χ3v) is 5.93. The maximum absolute atomic E-state index is 11.5. The lowest BCUT2D eigenvalue weighted by Gasteiger charge is -2.10. The molecule has 0 aliphatic heterocycles. The van der Waals surface area contributed by atoms with Crippen LogP contribution < -0.4 is 0 Å². The minimum Gasteiger partial charge on any atom is -0.322 e. The Hall–Kier alpha value is 1.10. The molecule has 62 valence electrons. The summed E-state index contributed by atoms with van der Waals surface area (Å²) in [6, 6.07) is 0. The van der Waals surface area contributed by atoms with Gasteiger partial charge in [-0.25, -0.2) is 0 Å². The highest BCUT2D eigenvalue weighted by Gasteiger charge is 2.18. The van der Waals surface area contributed by atoms with Crippen LogP contribution in [-0.4, -0.2) is 29.7 Å². The fourth-order valence-corrected chi connectivity index (χ4v) is 4.18. The van der Waals surface area contributed by atoms with Crippen molar-refractivity contribution in [1.82, 2.24) is 0 Å². The summed E-state index contributed by atoms with van der Waals surface area (Å²) in [5.41, 5.74) is 0.201. The second kappa shape index (κ2) is 5.71. The third kappa shape index (κ3) is 4.08. The van der Waals surface area contributed by atoms with Gasteiger partial charge in [0.2, 0.25) is 0 Å². The van der Waals surface area contributed by atoms with Crippen LogP contribution in [-0.2, 0) is 4.57 Å². The molecule has 0 aromatic rings. The summed E-state index contributed by atoms with van der Waals surface area (Å²) in [4.78, 5) is 0. The number of alkyl halides is 3. The lowest BCUT2D eigenvalue weighted by atomic mass is 10.9. The van der Waals surface area contributed by atoms with E-state index in [2.05, 4.69) is 0 Å². The van der Waals surface area contributed by atoms with E-state index in [1.807, 2.05) is 0 Å². The van der Waals surface area contributed by atoms with Crippen molar-refractivity contribution < 1.29 is 4.57 Å². The van der Waals surface area contributed by atoms with E-state index in [0.29, 0.717) is 24.1 Å². The van der Waals surface area contributed by atoms with Gasteiger partial charge in [-0.1, -0.05) is 0 Å². The minimum atomic E-state index is -2.20. The lowest BCUT2D eigenvalue weighted by Crippen LogP contribution is -1.98. The summed E-state index contributed by atoms with van der Waals surface area (Å²) in [5, 5.41) is 0. The largest absolute Gasteiger partial charge is 0.322 e. The molecule has 0 fully saturated rings. The van der Waals surface area contributed by atoms with Crippen molar-refractivity contribution in [1.29, 1.82) is 0 Å². The van der Waals surface area contributed by atoms with Crippen LogP contribution in [0.1, 0.15) is 0 Å². The van der Waals surface area contributed by atoms with Crippen LogP contribution in [0.3, 0.4) is 0 Å². The SMILES string of the molecule is O=P(CCl)(CCCl)CCCl. The molecule has 5 heteroatoms. The molecule has 0 aliphatic carbocycles. The van der Waals surface area contributed by atoms with Gasteiger partial charge in [-0.2, -0.15) is 0 Å². The van der Waals surface area contributed by atoms with Crippen LogP contribution in [0, 0.1) is 0 Å². The Bertz CT molecular complexity index is 118. The number of hydrogen-bond donors (Lipinski definition) is 0. The zero-order chi connectivity index (χ0) is 8.04. The first-order valence-electron chi connectivity index (χ1n) is 2.93. The number of rotatable bonds is 5. The normalized spacial score (nSPS) is 11.9. The van der Waals surface area contributed by atoms with Gasteiger partial charge in [-0.15, -0.1) is 34.8 Å². The van der Waals surface area contributed by atoms with Crippen LogP contribution >= 0.6 is 41.9 Å². The van der Waals surface area contributed by atoms with Crippen LogP contribution in [0.5, 0.6) is 0 Å². The molecule has 0 saturated heterocycles. The Morgan fingerprint density at radius 2 is 1.40 bits per heavy atom. The summed E-state index contributed by atoms with van der Waals surface area (Å²) < 4.78 is 11.5. The number of hydrogen-bond acceptors (Lipinski definition) is 1. The fourth-order valence-electron chi connectivity index (χ4n) is 0.539. The van der Waals surface area contributed by atoms with Gasteiger partial charge >= 0.3 is 0 Å². The predicted octanol–water partition coefficient (Wildman–Crippen LogP) is 3.02. The van der Waals surface area contributed by atoms with E-state index in [1.54, 1.807) is 0 Å². The van der Waals surface area contributed by atoms with Gasteiger partial charge in [0, 0.05) is 24.1 Å². The molecule has 0 aromatic carbocycles. The number of halogens is 3. The summed E-state index contributed by atoms with van der Waals surface area (Å²) >= 11 is 16.3. The molecule has 0 atom stereocenters.